The Morgan fingerprint density at radius 2 is 1.83 bits per heavy atom. The van der Waals surface area contributed by atoms with Crippen LogP contribution in [0.3, 0.4) is 0 Å². The third-order valence-corrected chi connectivity index (χ3v) is 4.98. The summed E-state index contributed by atoms with van der Waals surface area (Å²) in [5.41, 5.74) is 3.64. The molecule has 2 heterocycles. The molecule has 4 rings (SSSR count). The molecular formula is C25H24N2O3. The van der Waals surface area contributed by atoms with Gasteiger partial charge in [-0.3, -0.25) is 9.78 Å². The summed E-state index contributed by atoms with van der Waals surface area (Å²) in [7, 11) is 0. The molecule has 1 aromatic heterocycles. The van der Waals surface area contributed by atoms with E-state index in [0.717, 1.165) is 48.9 Å². The highest BCUT2D eigenvalue weighted by atomic mass is 16.5. The van der Waals surface area contributed by atoms with Crippen LogP contribution in [0.1, 0.15) is 21.5 Å². The summed E-state index contributed by atoms with van der Waals surface area (Å²) >= 11 is 0. The largest absolute Gasteiger partial charge is 0.488 e. The average molecular weight is 400 g/mol. The minimum atomic E-state index is -0.0365. The maximum Gasteiger partial charge on any atom is 0.185 e. The van der Waals surface area contributed by atoms with E-state index in [1.54, 1.807) is 24.5 Å². The van der Waals surface area contributed by atoms with Crippen molar-refractivity contribution in [2.24, 2.45) is 0 Å². The number of nitrogens with zero attached hydrogens (tertiary/aromatic N) is 2. The highest BCUT2D eigenvalue weighted by Crippen LogP contribution is 2.22. The van der Waals surface area contributed by atoms with Crippen molar-refractivity contribution in [3.8, 4) is 5.75 Å². The van der Waals surface area contributed by atoms with Crippen molar-refractivity contribution in [3.05, 3.63) is 95.8 Å². The number of allylic oxidation sites excluding steroid dienone is 1. The highest BCUT2D eigenvalue weighted by Gasteiger charge is 2.11. The van der Waals surface area contributed by atoms with E-state index in [2.05, 4.69) is 9.88 Å². The number of para-hydroxylation sites is 1. The van der Waals surface area contributed by atoms with Gasteiger partial charge < -0.3 is 14.4 Å². The van der Waals surface area contributed by atoms with Crippen LogP contribution < -0.4 is 9.64 Å². The Balaban J connectivity index is 1.41. The van der Waals surface area contributed by atoms with Crippen molar-refractivity contribution in [3.63, 3.8) is 0 Å². The van der Waals surface area contributed by atoms with Gasteiger partial charge in [-0.1, -0.05) is 24.3 Å². The topological polar surface area (TPSA) is 51.7 Å². The Kier molecular flexibility index (Phi) is 6.52. The van der Waals surface area contributed by atoms with Gasteiger partial charge in [0.25, 0.3) is 0 Å². The summed E-state index contributed by atoms with van der Waals surface area (Å²) in [4.78, 5) is 19.0. The minimum Gasteiger partial charge on any atom is -0.488 e. The number of ketones is 1. The summed E-state index contributed by atoms with van der Waals surface area (Å²) in [5.74, 6) is 0.693. The standard InChI is InChI=1S/C25H24N2O3/c28-24(21-7-10-23(11-8-21)27-14-16-29-17-15-27)12-9-22-5-1-2-6-25(22)30-19-20-4-3-13-26-18-20/h1-13,18H,14-17,19H2/b12-9+. The van der Waals surface area contributed by atoms with E-state index in [0.29, 0.717) is 12.2 Å². The van der Waals surface area contributed by atoms with E-state index in [1.807, 2.05) is 60.7 Å². The number of hydrogen-bond acceptors (Lipinski definition) is 5. The lowest BCUT2D eigenvalue weighted by molar-refractivity contribution is 0.104. The molecule has 1 aliphatic rings. The third kappa shape index (κ3) is 5.13. The first kappa shape index (κ1) is 19.9. The smallest absolute Gasteiger partial charge is 0.185 e. The molecular weight excluding hydrogens is 376 g/mol. The van der Waals surface area contributed by atoms with E-state index in [1.165, 1.54) is 0 Å². The summed E-state index contributed by atoms with van der Waals surface area (Å²) in [6, 6.07) is 19.3. The first-order valence-corrected chi connectivity index (χ1v) is 10.1. The van der Waals surface area contributed by atoms with Crippen molar-refractivity contribution >= 4 is 17.5 Å². The summed E-state index contributed by atoms with van der Waals surface area (Å²) in [6.45, 7) is 3.67. The van der Waals surface area contributed by atoms with Crippen LogP contribution in [-0.2, 0) is 11.3 Å². The molecule has 1 aliphatic heterocycles. The molecule has 0 unspecified atom stereocenters. The number of carbonyl (C=O) groups is 1. The molecule has 0 N–H and O–H groups in total. The average Bonchev–Trinajstić information content (AvgIpc) is 2.83. The first-order chi connectivity index (χ1) is 14.8. The second-order valence-electron chi connectivity index (χ2n) is 7.03. The fourth-order valence-electron chi connectivity index (χ4n) is 3.31. The van der Waals surface area contributed by atoms with Gasteiger partial charge in [0.2, 0.25) is 0 Å². The van der Waals surface area contributed by atoms with Crippen LogP contribution >= 0.6 is 0 Å². The molecule has 0 saturated carbocycles. The lowest BCUT2D eigenvalue weighted by atomic mass is 10.1. The van der Waals surface area contributed by atoms with Crippen molar-refractivity contribution in [2.75, 3.05) is 31.2 Å². The summed E-state index contributed by atoms with van der Waals surface area (Å²) < 4.78 is 11.3. The van der Waals surface area contributed by atoms with Gasteiger partial charge in [-0.15, -0.1) is 0 Å². The Labute approximate surface area is 176 Å². The van der Waals surface area contributed by atoms with Gasteiger partial charge >= 0.3 is 0 Å². The molecule has 2 aromatic carbocycles. The van der Waals surface area contributed by atoms with E-state index >= 15 is 0 Å². The van der Waals surface area contributed by atoms with Gasteiger partial charge in [0.15, 0.2) is 5.78 Å². The molecule has 0 bridgehead atoms. The molecule has 152 valence electrons. The molecule has 5 heteroatoms. The maximum absolute atomic E-state index is 12.6. The maximum atomic E-state index is 12.6. The fourth-order valence-corrected chi connectivity index (χ4v) is 3.31. The molecule has 0 atom stereocenters. The SMILES string of the molecule is O=C(/C=C/c1ccccc1OCc1cccnc1)c1ccc(N2CCOCC2)cc1. The number of pyridine rings is 1. The first-order valence-electron chi connectivity index (χ1n) is 10.1. The molecule has 0 aliphatic carbocycles. The van der Waals surface area contributed by atoms with Gasteiger partial charge in [-0.2, -0.15) is 0 Å². The predicted molar refractivity (Wildman–Crippen MR) is 118 cm³/mol. The molecule has 0 amide bonds. The second-order valence-corrected chi connectivity index (χ2v) is 7.03. The number of benzene rings is 2. The van der Waals surface area contributed by atoms with Gasteiger partial charge in [0, 0.05) is 47.9 Å². The lowest BCUT2D eigenvalue weighted by Gasteiger charge is -2.28. The zero-order valence-corrected chi connectivity index (χ0v) is 16.7. The van der Waals surface area contributed by atoms with Crippen molar-refractivity contribution in [1.29, 1.82) is 0 Å². The molecule has 1 fully saturated rings. The van der Waals surface area contributed by atoms with Crippen LogP contribution in [0.15, 0.2) is 79.1 Å². The monoisotopic (exact) mass is 400 g/mol. The Morgan fingerprint density at radius 1 is 1.03 bits per heavy atom. The zero-order chi connectivity index (χ0) is 20.6. The quantitative estimate of drug-likeness (QED) is 0.435. The number of rotatable bonds is 7. The molecule has 30 heavy (non-hydrogen) atoms. The molecule has 1 saturated heterocycles. The van der Waals surface area contributed by atoms with Gasteiger partial charge in [-0.25, -0.2) is 0 Å². The molecule has 3 aromatic rings. The normalized spacial score (nSPS) is 14.1. The number of carbonyl (C=O) groups excluding carboxylic acids is 1. The van der Waals surface area contributed by atoms with Crippen LogP contribution in [0.2, 0.25) is 0 Å². The number of hydrogen-bond donors (Lipinski definition) is 0. The molecule has 5 nitrogen and oxygen atoms in total. The Hall–Kier alpha value is -3.44. The summed E-state index contributed by atoms with van der Waals surface area (Å²) in [6.07, 6.45) is 6.91. The highest BCUT2D eigenvalue weighted by molar-refractivity contribution is 6.07. The third-order valence-electron chi connectivity index (χ3n) is 4.98. The van der Waals surface area contributed by atoms with Crippen LogP contribution in [-0.4, -0.2) is 37.1 Å². The number of ether oxygens (including phenoxy) is 2. The van der Waals surface area contributed by atoms with E-state index in [4.69, 9.17) is 9.47 Å². The van der Waals surface area contributed by atoms with E-state index < -0.39 is 0 Å². The zero-order valence-electron chi connectivity index (χ0n) is 16.7. The molecule has 0 radical (unpaired) electrons. The van der Waals surface area contributed by atoms with Crippen LogP contribution in [0.25, 0.3) is 6.08 Å². The Bertz CT molecular complexity index is 994. The van der Waals surface area contributed by atoms with Gasteiger partial charge in [-0.05, 0) is 48.6 Å². The predicted octanol–water partition coefficient (Wildman–Crippen LogP) is 4.39. The number of morpholine rings is 1. The number of anilines is 1. The number of aromatic nitrogens is 1. The van der Waals surface area contributed by atoms with Crippen molar-refractivity contribution < 1.29 is 14.3 Å². The minimum absolute atomic E-state index is 0.0365. The summed E-state index contributed by atoms with van der Waals surface area (Å²) in [5, 5.41) is 0. The fraction of sp³-hybridized carbons (Fsp3) is 0.200. The second kappa shape index (κ2) is 9.85. The van der Waals surface area contributed by atoms with Crippen LogP contribution in [0.4, 0.5) is 5.69 Å². The van der Waals surface area contributed by atoms with Crippen molar-refractivity contribution in [2.45, 2.75) is 6.61 Å². The van der Waals surface area contributed by atoms with Gasteiger partial charge in [0.05, 0.1) is 13.2 Å². The lowest BCUT2D eigenvalue weighted by Crippen LogP contribution is -2.36. The van der Waals surface area contributed by atoms with Crippen LogP contribution in [0, 0.1) is 0 Å². The van der Waals surface area contributed by atoms with E-state index in [-0.39, 0.29) is 5.78 Å². The Morgan fingerprint density at radius 3 is 2.60 bits per heavy atom. The van der Waals surface area contributed by atoms with Gasteiger partial charge in [0.1, 0.15) is 12.4 Å². The van der Waals surface area contributed by atoms with E-state index in [9.17, 15) is 4.79 Å². The van der Waals surface area contributed by atoms with Crippen LogP contribution in [0.5, 0.6) is 5.75 Å². The molecule has 0 spiro atoms. The van der Waals surface area contributed by atoms with Crippen molar-refractivity contribution in [1.82, 2.24) is 4.98 Å².